The van der Waals surface area contributed by atoms with Crippen molar-refractivity contribution in [3.63, 3.8) is 0 Å². The van der Waals surface area contributed by atoms with Gasteiger partial charge in [-0.1, -0.05) is 24.3 Å². The van der Waals surface area contributed by atoms with Crippen LogP contribution in [-0.4, -0.2) is 38.1 Å². The minimum Gasteiger partial charge on any atom is -0.480 e. The molecule has 1 N–H and O–H groups in total. The molecule has 1 aromatic heterocycles. The van der Waals surface area contributed by atoms with E-state index in [9.17, 15) is 9.90 Å². The molecule has 1 saturated heterocycles. The van der Waals surface area contributed by atoms with Crippen molar-refractivity contribution in [2.24, 2.45) is 0 Å². The Hall–Kier alpha value is -2.66. The minimum atomic E-state index is -0.714. The van der Waals surface area contributed by atoms with Gasteiger partial charge in [0.25, 0.3) is 0 Å². The van der Waals surface area contributed by atoms with Crippen LogP contribution in [0.4, 0.5) is 0 Å². The zero-order valence-electron chi connectivity index (χ0n) is 13.3. The Morgan fingerprint density at radius 3 is 2.75 bits per heavy atom. The number of fused-ring (bicyclic) bond motifs is 1. The molecule has 5 heteroatoms. The Morgan fingerprint density at radius 1 is 1.17 bits per heavy atom. The van der Waals surface area contributed by atoms with Crippen molar-refractivity contribution in [3.8, 4) is 5.69 Å². The fraction of sp³-hybridized carbons (Fsp3) is 0.263. The van der Waals surface area contributed by atoms with Gasteiger partial charge in [0, 0.05) is 12.2 Å². The molecule has 0 radical (unpaired) electrons. The first-order valence-corrected chi connectivity index (χ1v) is 8.20. The minimum absolute atomic E-state index is 0.345. The topological polar surface area (TPSA) is 58.4 Å². The van der Waals surface area contributed by atoms with Crippen molar-refractivity contribution in [2.45, 2.75) is 25.4 Å². The van der Waals surface area contributed by atoms with Gasteiger partial charge in [-0.2, -0.15) is 0 Å². The van der Waals surface area contributed by atoms with Crippen molar-refractivity contribution in [1.29, 1.82) is 0 Å². The molecule has 122 valence electrons. The third kappa shape index (κ3) is 2.67. The van der Waals surface area contributed by atoms with Crippen LogP contribution in [0.15, 0.2) is 54.9 Å². The molecule has 1 fully saturated rings. The van der Waals surface area contributed by atoms with Crippen molar-refractivity contribution in [3.05, 3.63) is 60.4 Å². The molecule has 3 aromatic rings. The molecule has 1 unspecified atom stereocenters. The molecule has 0 spiro atoms. The molecular formula is C19H19N3O2. The summed E-state index contributed by atoms with van der Waals surface area (Å²) in [7, 11) is 0. The van der Waals surface area contributed by atoms with E-state index in [1.165, 1.54) is 0 Å². The van der Waals surface area contributed by atoms with Crippen LogP contribution in [0.5, 0.6) is 0 Å². The van der Waals surface area contributed by atoms with Gasteiger partial charge in [-0.05, 0) is 49.2 Å². The van der Waals surface area contributed by atoms with Crippen LogP contribution >= 0.6 is 0 Å². The van der Waals surface area contributed by atoms with Gasteiger partial charge in [-0.15, -0.1) is 0 Å². The number of hydrogen-bond acceptors (Lipinski definition) is 3. The third-order valence-electron chi connectivity index (χ3n) is 4.70. The van der Waals surface area contributed by atoms with E-state index in [2.05, 4.69) is 39.9 Å². The molecule has 1 aliphatic rings. The van der Waals surface area contributed by atoms with E-state index in [1.54, 1.807) is 0 Å². The van der Waals surface area contributed by atoms with Crippen LogP contribution in [0.2, 0.25) is 0 Å². The second-order valence-corrected chi connectivity index (χ2v) is 6.24. The first-order valence-electron chi connectivity index (χ1n) is 8.20. The highest BCUT2D eigenvalue weighted by molar-refractivity contribution is 5.77. The molecule has 1 atom stereocenters. The van der Waals surface area contributed by atoms with Gasteiger partial charge in [0.1, 0.15) is 12.4 Å². The summed E-state index contributed by atoms with van der Waals surface area (Å²) < 4.78 is 2.06. The summed E-state index contributed by atoms with van der Waals surface area (Å²) in [5.74, 6) is -0.714. The summed E-state index contributed by atoms with van der Waals surface area (Å²) in [5.41, 5.74) is 4.25. The first-order chi connectivity index (χ1) is 11.7. The Labute approximate surface area is 140 Å². The fourth-order valence-corrected chi connectivity index (χ4v) is 3.46. The van der Waals surface area contributed by atoms with Gasteiger partial charge in [0.05, 0.1) is 11.0 Å². The van der Waals surface area contributed by atoms with Gasteiger partial charge in [0.15, 0.2) is 0 Å². The van der Waals surface area contributed by atoms with E-state index < -0.39 is 5.97 Å². The highest BCUT2D eigenvalue weighted by atomic mass is 16.4. The molecule has 0 aliphatic carbocycles. The van der Waals surface area contributed by atoms with Crippen molar-refractivity contribution >= 4 is 17.0 Å². The first kappa shape index (κ1) is 14.9. The predicted molar refractivity (Wildman–Crippen MR) is 92.1 cm³/mol. The molecule has 2 aromatic carbocycles. The number of aromatic nitrogens is 2. The zero-order chi connectivity index (χ0) is 16.5. The molecule has 5 nitrogen and oxygen atoms in total. The lowest BCUT2D eigenvalue weighted by Crippen LogP contribution is -2.35. The Morgan fingerprint density at radius 2 is 1.96 bits per heavy atom. The lowest BCUT2D eigenvalue weighted by molar-refractivity contribution is -0.142. The van der Waals surface area contributed by atoms with Gasteiger partial charge >= 0.3 is 5.97 Å². The second kappa shape index (κ2) is 6.09. The summed E-state index contributed by atoms with van der Waals surface area (Å²) in [6.07, 6.45) is 3.53. The highest BCUT2D eigenvalue weighted by Gasteiger charge is 2.30. The Balaban J connectivity index is 1.56. The summed E-state index contributed by atoms with van der Waals surface area (Å²) in [5, 5.41) is 9.28. The number of hydrogen-bond donors (Lipinski definition) is 1. The average Bonchev–Trinajstić information content (AvgIpc) is 3.22. The lowest BCUT2D eigenvalue weighted by Gasteiger charge is -2.21. The molecule has 0 saturated carbocycles. The maximum Gasteiger partial charge on any atom is 0.320 e. The number of carboxylic acid groups (broad SMARTS) is 1. The smallest absolute Gasteiger partial charge is 0.320 e. The summed E-state index contributed by atoms with van der Waals surface area (Å²) in [4.78, 5) is 17.7. The van der Waals surface area contributed by atoms with Crippen molar-refractivity contribution < 1.29 is 9.90 Å². The molecule has 1 aliphatic heterocycles. The molecule has 0 bridgehead atoms. The standard InChI is InChI=1S/C19H19N3O2/c23-19(24)18-6-3-11-21(18)12-14-7-9-15(10-8-14)22-13-20-16-4-1-2-5-17(16)22/h1-2,4-5,7-10,13,18H,3,6,11-12H2,(H,23,24). The quantitative estimate of drug-likeness (QED) is 0.802. The SMILES string of the molecule is O=C(O)C1CCCN1Cc1ccc(-n2cnc3ccccc32)cc1. The molecule has 4 rings (SSSR count). The summed E-state index contributed by atoms with van der Waals surface area (Å²) >= 11 is 0. The number of imidazole rings is 1. The van der Waals surface area contributed by atoms with E-state index in [1.807, 2.05) is 29.4 Å². The molecular weight excluding hydrogens is 302 g/mol. The highest BCUT2D eigenvalue weighted by Crippen LogP contribution is 2.22. The van der Waals surface area contributed by atoms with Crippen LogP contribution in [0.1, 0.15) is 18.4 Å². The van der Waals surface area contributed by atoms with Crippen molar-refractivity contribution in [1.82, 2.24) is 14.5 Å². The summed E-state index contributed by atoms with van der Waals surface area (Å²) in [6.45, 7) is 1.53. The molecule has 2 heterocycles. The normalized spacial score (nSPS) is 18.2. The number of nitrogens with zero attached hydrogens (tertiary/aromatic N) is 3. The number of rotatable bonds is 4. The van der Waals surface area contributed by atoms with E-state index in [0.29, 0.717) is 6.54 Å². The van der Waals surface area contributed by atoms with E-state index in [4.69, 9.17) is 0 Å². The van der Waals surface area contributed by atoms with Gasteiger partial charge in [-0.3, -0.25) is 14.3 Å². The van der Waals surface area contributed by atoms with Crippen molar-refractivity contribution in [2.75, 3.05) is 6.54 Å². The monoisotopic (exact) mass is 321 g/mol. The van der Waals surface area contributed by atoms with E-state index >= 15 is 0 Å². The summed E-state index contributed by atoms with van der Waals surface area (Å²) in [6, 6.07) is 16.0. The van der Waals surface area contributed by atoms with E-state index in [-0.39, 0.29) is 6.04 Å². The largest absolute Gasteiger partial charge is 0.480 e. The second-order valence-electron chi connectivity index (χ2n) is 6.24. The van der Waals surface area contributed by atoms with Crippen LogP contribution in [-0.2, 0) is 11.3 Å². The van der Waals surface area contributed by atoms with Gasteiger partial charge in [-0.25, -0.2) is 4.98 Å². The van der Waals surface area contributed by atoms with Crippen LogP contribution < -0.4 is 0 Å². The maximum absolute atomic E-state index is 11.3. The number of para-hydroxylation sites is 2. The van der Waals surface area contributed by atoms with Crippen LogP contribution in [0.25, 0.3) is 16.7 Å². The Kier molecular flexibility index (Phi) is 3.78. The van der Waals surface area contributed by atoms with Crippen LogP contribution in [0, 0.1) is 0 Å². The lowest BCUT2D eigenvalue weighted by atomic mass is 10.1. The van der Waals surface area contributed by atoms with Gasteiger partial charge < -0.3 is 5.11 Å². The maximum atomic E-state index is 11.3. The number of carbonyl (C=O) groups is 1. The number of carboxylic acids is 1. The van der Waals surface area contributed by atoms with E-state index in [0.717, 1.165) is 41.7 Å². The number of aliphatic carboxylic acids is 1. The number of likely N-dealkylation sites (tertiary alicyclic amines) is 1. The zero-order valence-corrected chi connectivity index (χ0v) is 13.3. The Bertz CT molecular complexity index is 870. The number of benzene rings is 2. The fourth-order valence-electron chi connectivity index (χ4n) is 3.46. The predicted octanol–water partition coefficient (Wildman–Crippen LogP) is 3.07. The molecule has 24 heavy (non-hydrogen) atoms. The van der Waals surface area contributed by atoms with Crippen LogP contribution in [0.3, 0.4) is 0 Å². The molecule has 0 amide bonds. The third-order valence-corrected chi connectivity index (χ3v) is 4.70. The van der Waals surface area contributed by atoms with Gasteiger partial charge in [0.2, 0.25) is 0 Å². The average molecular weight is 321 g/mol.